The molecular formula is C15H18O5. The lowest BCUT2D eigenvalue weighted by Crippen LogP contribution is -2.45. The number of carbonyl (C=O) groups is 2. The minimum absolute atomic E-state index is 0.0559. The predicted octanol–water partition coefficient (Wildman–Crippen LogP) is 2.24. The fraction of sp³-hybridized carbons (Fsp3) is 0.467. The van der Waals surface area contributed by atoms with Gasteiger partial charge in [0.15, 0.2) is 5.78 Å². The summed E-state index contributed by atoms with van der Waals surface area (Å²) in [6, 6.07) is 3.01. The van der Waals surface area contributed by atoms with E-state index in [4.69, 9.17) is 9.47 Å². The van der Waals surface area contributed by atoms with Crippen molar-refractivity contribution in [3.8, 4) is 11.5 Å². The number of phenols is 1. The number of rotatable bonds is 3. The molecular weight excluding hydrogens is 260 g/mol. The summed E-state index contributed by atoms with van der Waals surface area (Å²) >= 11 is 0. The second-order valence-electron chi connectivity index (χ2n) is 5.09. The molecule has 0 aliphatic carbocycles. The molecule has 1 aliphatic rings. The average Bonchev–Trinajstić information content (AvgIpc) is 2.38. The first-order valence-corrected chi connectivity index (χ1v) is 6.60. The van der Waals surface area contributed by atoms with E-state index in [1.807, 2.05) is 0 Å². The molecule has 1 aliphatic heterocycles. The van der Waals surface area contributed by atoms with Crippen LogP contribution in [0.1, 0.15) is 43.1 Å². The Morgan fingerprint density at radius 2 is 2.15 bits per heavy atom. The van der Waals surface area contributed by atoms with E-state index in [9.17, 15) is 14.7 Å². The number of Topliss-reactive ketones (excluding diaryl/α,β-unsaturated/α-hetero) is 1. The number of carbonyl (C=O) groups excluding carboxylic acids is 2. The molecule has 0 fully saturated rings. The summed E-state index contributed by atoms with van der Waals surface area (Å²) in [6.07, 6.45) is 1.05. The van der Waals surface area contributed by atoms with E-state index in [0.717, 1.165) is 5.56 Å². The first kappa shape index (κ1) is 14.4. The third-order valence-corrected chi connectivity index (χ3v) is 3.47. The third kappa shape index (κ3) is 2.48. The Kier molecular flexibility index (Phi) is 3.70. The number of esters is 1. The molecule has 1 aromatic carbocycles. The minimum Gasteiger partial charge on any atom is -0.507 e. The summed E-state index contributed by atoms with van der Waals surface area (Å²) in [5.41, 5.74) is -0.0697. The number of ketones is 1. The van der Waals surface area contributed by atoms with Gasteiger partial charge in [-0.25, -0.2) is 4.79 Å². The first-order valence-electron chi connectivity index (χ1n) is 6.60. The number of benzene rings is 1. The highest BCUT2D eigenvalue weighted by atomic mass is 16.6. The molecule has 0 amide bonds. The van der Waals surface area contributed by atoms with E-state index in [1.165, 1.54) is 19.1 Å². The van der Waals surface area contributed by atoms with Gasteiger partial charge in [-0.05, 0) is 44.9 Å². The monoisotopic (exact) mass is 278 g/mol. The second kappa shape index (κ2) is 5.15. The first-order chi connectivity index (χ1) is 9.37. The summed E-state index contributed by atoms with van der Waals surface area (Å²) in [5.74, 6) is -0.269. The van der Waals surface area contributed by atoms with Crippen LogP contribution in [-0.4, -0.2) is 29.1 Å². The van der Waals surface area contributed by atoms with Crippen LogP contribution in [0.3, 0.4) is 0 Å². The predicted molar refractivity (Wildman–Crippen MR) is 72.1 cm³/mol. The van der Waals surface area contributed by atoms with E-state index in [1.54, 1.807) is 13.8 Å². The largest absolute Gasteiger partial charge is 0.507 e. The van der Waals surface area contributed by atoms with Gasteiger partial charge in [-0.1, -0.05) is 0 Å². The van der Waals surface area contributed by atoms with Gasteiger partial charge in [-0.3, -0.25) is 4.79 Å². The van der Waals surface area contributed by atoms with Crippen molar-refractivity contribution in [1.29, 1.82) is 0 Å². The quantitative estimate of drug-likeness (QED) is 0.678. The molecule has 0 saturated heterocycles. The zero-order valence-corrected chi connectivity index (χ0v) is 11.9. The van der Waals surface area contributed by atoms with E-state index in [2.05, 4.69) is 0 Å². The maximum atomic E-state index is 12.0. The van der Waals surface area contributed by atoms with Gasteiger partial charge in [0.2, 0.25) is 5.60 Å². The van der Waals surface area contributed by atoms with Gasteiger partial charge in [0, 0.05) is 6.42 Å². The van der Waals surface area contributed by atoms with E-state index in [-0.39, 0.29) is 17.1 Å². The number of aromatic hydroxyl groups is 1. The van der Waals surface area contributed by atoms with Gasteiger partial charge in [-0.2, -0.15) is 0 Å². The van der Waals surface area contributed by atoms with Crippen molar-refractivity contribution in [3.63, 3.8) is 0 Å². The van der Waals surface area contributed by atoms with Gasteiger partial charge in [0.25, 0.3) is 0 Å². The molecule has 1 unspecified atom stereocenters. The molecule has 1 aromatic rings. The summed E-state index contributed by atoms with van der Waals surface area (Å²) < 4.78 is 10.8. The van der Waals surface area contributed by atoms with Crippen LogP contribution in [0.5, 0.6) is 11.5 Å². The van der Waals surface area contributed by atoms with Crippen molar-refractivity contribution >= 4 is 11.8 Å². The van der Waals surface area contributed by atoms with Crippen LogP contribution in [-0.2, 0) is 16.0 Å². The molecule has 5 heteroatoms. The van der Waals surface area contributed by atoms with Crippen molar-refractivity contribution in [1.82, 2.24) is 0 Å². The van der Waals surface area contributed by atoms with Crippen LogP contribution in [0.4, 0.5) is 0 Å². The molecule has 1 heterocycles. The molecule has 20 heavy (non-hydrogen) atoms. The fourth-order valence-corrected chi connectivity index (χ4v) is 2.28. The van der Waals surface area contributed by atoms with E-state index in [0.29, 0.717) is 25.2 Å². The molecule has 0 spiro atoms. The highest BCUT2D eigenvalue weighted by Gasteiger charge is 2.40. The third-order valence-electron chi connectivity index (χ3n) is 3.47. The van der Waals surface area contributed by atoms with Crippen LogP contribution in [0, 0.1) is 0 Å². The minimum atomic E-state index is -1.05. The number of ether oxygens (including phenoxy) is 2. The zero-order valence-electron chi connectivity index (χ0n) is 11.9. The van der Waals surface area contributed by atoms with Gasteiger partial charge in [0.1, 0.15) is 11.5 Å². The highest BCUT2D eigenvalue weighted by molar-refractivity contribution is 5.97. The summed E-state index contributed by atoms with van der Waals surface area (Å²) in [4.78, 5) is 23.4. The molecule has 0 radical (unpaired) electrons. The number of hydrogen-bond donors (Lipinski definition) is 1. The molecule has 5 nitrogen and oxygen atoms in total. The lowest BCUT2D eigenvalue weighted by Gasteiger charge is -2.33. The van der Waals surface area contributed by atoms with Gasteiger partial charge in [0.05, 0.1) is 12.2 Å². The Labute approximate surface area is 117 Å². The fourth-order valence-electron chi connectivity index (χ4n) is 2.28. The van der Waals surface area contributed by atoms with Crippen LogP contribution in [0.2, 0.25) is 0 Å². The molecule has 1 atom stereocenters. The van der Waals surface area contributed by atoms with Crippen molar-refractivity contribution < 1.29 is 24.2 Å². The molecule has 0 bridgehead atoms. The van der Waals surface area contributed by atoms with Crippen molar-refractivity contribution in [3.05, 3.63) is 23.3 Å². The average molecular weight is 278 g/mol. The molecule has 0 saturated carbocycles. The van der Waals surface area contributed by atoms with E-state index >= 15 is 0 Å². The topological polar surface area (TPSA) is 72.8 Å². The van der Waals surface area contributed by atoms with Crippen LogP contribution < -0.4 is 4.74 Å². The van der Waals surface area contributed by atoms with Crippen molar-refractivity contribution in [2.45, 2.75) is 39.2 Å². The smallest absolute Gasteiger partial charge is 0.350 e. The molecule has 1 N–H and O–H groups in total. The zero-order chi connectivity index (χ0) is 14.9. The lowest BCUT2D eigenvalue weighted by molar-refractivity contribution is -0.161. The summed E-state index contributed by atoms with van der Waals surface area (Å²) in [5, 5.41) is 9.79. The highest BCUT2D eigenvalue weighted by Crippen LogP contribution is 2.37. The maximum absolute atomic E-state index is 12.0. The summed E-state index contributed by atoms with van der Waals surface area (Å²) in [6.45, 7) is 5.08. The molecule has 0 aromatic heterocycles. The normalized spacial score (nSPS) is 20.8. The van der Waals surface area contributed by atoms with Gasteiger partial charge < -0.3 is 14.6 Å². The summed E-state index contributed by atoms with van der Waals surface area (Å²) in [7, 11) is 0. The van der Waals surface area contributed by atoms with Crippen LogP contribution in [0.25, 0.3) is 0 Å². The van der Waals surface area contributed by atoms with Gasteiger partial charge >= 0.3 is 5.97 Å². The number of fused-ring (bicyclic) bond motifs is 1. The Bertz CT molecular complexity index is 564. The number of phenolic OH excluding ortho intramolecular Hbond substituents is 1. The molecule has 2 rings (SSSR count). The number of aryl methyl sites for hydroxylation is 1. The lowest BCUT2D eigenvalue weighted by atomic mass is 9.91. The Hall–Kier alpha value is -2.04. The molecule has 108 valence electrons. The van der Waals surface area contributed by atoms with Gasteiger partial charge in [-0.15, -0.1) is 0 Å². The van der Waals surface area contributed by atoms with Crippen LogP contribution in [0.15, 0.2) is 12.1 Å². The van der Waals surface area contributed by atoms with Crippen molar-refractivity contribution in [2.75, 3.05) is 6.61 Å². The SMILES string of the molecule is CCOC(=O)C1(C)CCc2cc(O)c(C(C)=O)cc2O1. The Morgan fingerprint density at radius 3 is 2.75 bits per heavy atom. The second-order valence-corrected chi connectivity index (χ2v) is 5.09. The standard InChI is InChI=1S/C15H18O5/c1-4-19-14(18)15(3)6-5-10-7-12(17)11(9(2)16)8-13(10)20-15/h7-8,17H,4-6H2,1-3H3. The van der Waals surface area contributed by atoms with E-state index < -0.39 is 11.6 Å². The Balaban J connectivity index is 2.36. The maximum Gasteiger partial charge on any atom is 0.350 e. The van der Waals surface area contributed by atoms with Crippen molar-refractivity contribution in [2.24, 2.45) is 0 Å². The Morgan fingerprint density at radius 1 is 1.45 bits per heavy atom. The number of hydrogen-bond acceptors (Lipinski definition) is 5. The van der Waals surface area contributed by atoms with Crippen LogP contribution >= 0.6 is 0 Å².